The van der Waals surface area contributed by atoms with Crippen LogP contribution in [0.1, 0.15) is 41.3 Å². The van der Waals surface area contributed by atoms with Crippen LogP contribution in [0.2, 0.25) is 0 Å². The van der Waals surface area contributed by atoms with Crippen LogP contribution in [0.5, 0.6) is 0 Å². The van der Waals surface area contributed by atoms with Crippen LogP contribution in [0.25, 0.3) is 0 Å². The van der Waals surface area contributed by atoms with E-state index in [9.17, 15) is 4.79 Å². The molecule has 0 aliphatic heterocycles. The van der Waals surface area contributed by atoms with Gasteiger partial charge in [0.05, 0.1) is 12.8 Å². The minimum atomic E-state index is -0.267. The van der Waals surface area contributed by atoms with Crippen LogP contribution in [0, 0.1) is 0 Å². The molecule has 5 nitrogen and oxygen atoms in total. The maximum Gasteiger partial charge on any atom is 0.327 e. The van der Waals surface area contributed by atoms with Gasteiger partial charge in [0.1, 0.15) is 6.54 Å². The minimum absolute atomic E-state index is 0.172. The number of hydrogen-bond donors (Lipinski definition) is 1. The van der Waals surface area contributed by atoms with E-state index in [-0.39, 0.29) is 12.5 Å². The summed E-state index contributed by atoms with van der Waals surface area (Å²) in [6.07, 6.45) is 3.90. The molecule has 0 spiro atoms. The standard InChI is InChI=1S/C18H23N3O2/c1-23-17(22)12-21-16-9-5-8-14(11-19)18(16)15(20-21)10-13-6-3-2-4-7-13/h2-4,6-7,14H,5,8-12,19H2,1H3. The summed E-state index contributed by atoms with van der Waals surface area (Å²) in [4.78, 5) is 11.7. The molecule has 1 aromatic heterocycles. The van der Waals surface area contributed by atoms with Gasteiger partial charge in [-0.05, 0) is 37.3 Å². The Balaban J connectivity index is 1.98. The quantitative estimate of drug-likeness (QED) is 0.858. The van der Waals surface area contributed by atoms with Crippen molar-refractivity contribution in [3.05, 3.63) is 52.8 Å². The molecule has 1 aliphatic carbocycles. The number of carbonyl (C=O) groups excluding carboxylic acids is 1. The van der Waals surface area contributed by atoms with Crippen molar-refractivity contribution in [2.45, 2.75) is 38.1 Å². The van der Waals surface area contributed by atoms with E-state index in [0.29, 0.717) is 12.5 Å². The second-order valence-corrected chi connectivity index (χ2v) is 6.03. The lowest BCUT2D eigenvalue weighted by Crippen LogP contribution is -2.21. The lowest BCUT2D eigenvalue weighted by Gasteiger charge is -2.22. The number of methoxy groups -OCH3 is 1. The Morgan fingerprint density at radius 3 is 2.87 bits per heavy atom. The van der Waals surface area contributed by atoms with Crippen molar-refractivity contribution in [2.24, 2.45) is 5.73 Å². The summed E-state index contributed by atoms with van der Waals surface area (Å²) in [5, 5.41) is 4.73. The first-order chi connectivity index (χ1) is 11.2. The van der Waals surface area contributed by atoms with Gasteiger partial charge in [-0.1, -0.05) is 30.3 Å². The number of esters is 1. The van der Waals surface area contributed by atoms with Gasteiger partial charge in [0.2, 0.25) is 0 Å². The van der Waals surface area contributed by atoms with E-state index in [1.165, 1.54) is 18.2 Å². The topological polar surface area (TPSA) is 70.1 Å². The summed E-state index contributed by atoms with van der Waals surface area (Å²) in [6, 6.07) is 10.3. The molecule has 2 N–H and O–H groups in total. The summed E-state index contributed by atoms with van der Waals surface area (Å²) >= 11 is 0. The van der Waals surface area contributed by atoms with E-state index < -0.39 is 0 Å². The van der Waals surface area contributed by atoms with Crippen LogP contribution in [-0.2, 0) is 28.9 Å². The SMILES string of the molecule is COC(=O)Cn1nc(Cc2ccccc2)c2c1CCCC2CN. The average molecular weight is 313 g/mol. The maximum absolute atomic E-state index is 11.7. The summed E-state index contributed by atoms with van der Waals surface area (Å²) in [5.74, 6) is 0.0697. The molecule has 1 atom stereocenters. The Hall–Kier alpha value is -2.14. The molecule has 1 heterocycles. The predicted molar refractivity (Wildman–Crippen MR) is 88.2 cm³/mol. The number of nitrogens with zero attached hydrogens (tertiary/aromatic N) is 2. The number of ether oxygens (including phenoxy) is 1. The molecule has 23 heavy (non-hydrogen) atoms. The van der Waals surface area contributed by atoms with Crippen molar-refractivity contribution in [1.82, 2.24) is 9.78 Å². The highest BCUT2D eigenvalue weighted by Crippen LogP contribution is 2.34. The van der Waals surface area contributed by atoms with E-state index in [1.54, 1.807) is 0 Å². The van der Waals surface area contributed by atoms with Gasteiger partial charge in [0.25, 0.3) is 0 Å². The highest BCUT2D eigenvalue weighted by atomic mass is 16.5. The molecule has 0 saturated carbocycles. The summed E-state index contributed by atoms with van der Waals surface area (Å²) in [7, 11) is 1.41. The normalized spacial score (nSPS) is 16.9. The smallest absolute Gasteiger partial charge is 0.327 e. The molecule has 1 aromatic carbocycles. The van der Waals surface area contributed by atoms with Crippen LogP contribution in [0.3, 0.4) is 0 Å². The number of benzene rings is 1. The molecule has 0 amide bonds. The molecule has 1 unspecified atom stereocenters. The van der Waals surface area contributed by atoms with Crippen LogP contribution >= 0.6 is 0 Å². The van der Waals surface area contributed by atoms with E-state index in [1.807, 2.05) is 22.9 Å². The lowest BCUT2D eigenvalue weighted by molar-refractivity contribution is -0.141. The van der Waals surface area contributed by atoms with Gasteiger partial charge >= 0.3 is 5.97 Å². The summed E-state index contributed by atoms with van der Waals surface area (Å²) in [6.45, 7) is 0.795. The Bertz CT molecular complexity index is 679. The zero-order valence-corrected chi connectivity index (χ0v) is 13.5. The molecule has 0 fully saturated rings. The number of carbonyl (C=O) groups is 1. The Morgan fingerprint density at radius 1 is 1.39 bits per heavy atom. The number of fused-ring (bicyclic) bond motifs is 1. The number of aromatic nitrogens is 2. The van der Waals surface area contributed by atoms with Crippen molar-refractivity contribution in [3.8, 4) is 0 Å². The second-order valence-electron chi connectivity index (χ2n) is 6.03. The Kier molecular flexibility index (Phi) is 4.76. The van der Waals surface area contributed by atoms with Gasteiger partial charge in [-0.2, -0.15) is 5.10 Å². The monoisotopic (exact) mass is 313 g/mol. The van der Waals surface area contributed by atoms with Gasteiger partial charge in [0.15, 0.2) is 0 Å². The lowest BCUT2D eigenvalue weighted by atomic mass is 9.84. The van der Waals surface area contributed by atoms with Gasteiger partial charge in [0, 0.05) is 17.7 Å². The predicted octanol–water partition coefficient (Wildman–Crippen LogP) is 2.03. The summed E-state index contributed by atoms with van der Waals surface area (Å²) < 4.78 is 6.62. The van der Waals surface area contributed by atoms with Gasteiger partial charge < -0.3 is 10.5 Å². The van der Waals surface area contributed by atoms with Crippen molar-refractivity contribution in [1.29, 1.82) is 0 Å². The van der Waals surface area contributed by atoms with Gasteiger partial charge in [-0.25, -0.2) is 0 Å². The molecular weight excluding hydrogens is 290 g/mol. The first kappa shape index (κ1) is 15.7. The fourth-order valence-corrected chi connectivity index (χ4v) is 3.43. The fourth-order valence-electron chi connectivity index (χ4n) is 3.43. The second kappa shape index (κ2) is 6.96. The van der Waals surface area contributed by atoms with E-state index in [4.69, 9.17) is 15.6 Å². The van der Waals surface area contributed by atoms with Crippen molar-refractivity contribution >= 4 is 5.97 Å². The number of nitrogens with two attached hydrogens (primary N) is 1. The largest absolute Gasteiger partial charge is 0.468 e. The highest BCUT2D eigenvalue weighted by Gasteiger charge is 2.28. The van der Waals surface area contributed by atoms with Crippen molar-refractivity contribution in [2.75, 3.05) is 13.7 Å². The molecule has 1 aliphatic rings. The molecule has 0 radical (unpaired) electrons. The molecular formula is C18H23N3O2. The molecule has 0 bridgehead atoms. The maximum atomic E-state index is 11.7. The fraction of sp³-hybridized carbons (Fsp3) is 0.444. The zero-order valence-electron chi connectivity index (χ0n) is 13.5. The third kappa shape index (κ3) is 3.29. The highest BCUT2D eigenvalue weighted by molar-refractivity contribution is 5.69. The first-order valence-corrected chi connectivity index (χ1v) is 8.12. The molecule has 2 aromatic rings. The van der Waals surface area contributed by atoms with Gasteiger partial charge in [-0.15, -0.1) is 0 Å². The molecule has 0 saturated heterocycles. The minimum Gasteiger partial charge on any atom is -0.468 e. The van der Waals surface area contributed by atoms with Crippen LogP contribution in [-0.4, -0.2) is 29.4 Å². The average Bonchev–Trinajstić information content (AvgIpc) is 2.93. The third-order valence-electron chi connectivity index (χ3n) is 4.55. The number of rotatable bonds is 5. The first-order valence-electron chi connectivity index (χ1n) is 8.12. The van der Waals surface area contributed by atoms with E-state index in [0.717, 1.165) is 37.1 Å². The van der Waals surface area contributed by atoms with Crippen LogP contribution in [0.15, 0.2) is 30.3 Å². The molecule has 122 valence electrons. The van der Waals surface area contributed by atoms with Crippen LogP contribution in [0.4, 0.5) is 0 Å². The summed E-state index contributed by atoms with van der Waals surface area (Å²) in [5.41, 5.74) is 10.7. The van der Waals surface area contributed by atoms with Gasteiger partial charge in [-0.3, -0.25) is 9.48 Å². The molecule has 3 rings (SSSR count). The van der Waals surface area contributed by atoms with Crippen molar-refractivity contribution in [3.63, 3.8) is 0 Å². The number of hydrogen-bond acceptors (Lipinski definition) is 4. The molecule has 5 heteroatoms. The van der Waals surface area contributed by atoms with E-state index >= 15 is 0 Å². The Labute approximate surface area is 136 Å². The van der Waals surface area contributed by atoms with Crippen molar-refractivity contribution < 1.29 is 9.53 Å². The zero-order chi connectivity index (χ0) is 16.2. The Morgan fingerprint density at radius 2 is 2.17 bits per heavy atom. The third-order valence-corrected chi connectivity index (χ3v) is 4.55. The van der Waals surface area contributed by atoms with Crippen LogP contribution < -0.4 is 5.73 Å². The van der Waals surface area contributed by atoms with E-state index in [2.05, 4.69) is 12.1 Å².